The van der Waals surface area contributed by atoms with E-state index in [0.29, 0.717) is 6.54 Å². The standard InChI is InChI=1S/C15H16ClFN2/c1-19(12-5-3-2-4-6-12)15(10-18)11-7-8-14(17)13(16)9-11/h2-9,15H,10,18H2,1H3. The molecule has 0 saturated heterocycles. The molecule has 0 spiro atoms. The second kappa shape index (κ2) is 6.04. The molecule has 0 amide bonds. The molecule has 0 radical (unpaired) electrons. The Labute approximate surface area is 117 Å². The molecule has 0 aliphatic carbocycles. The molecule has 2 nitrogen and oxygen atoms in total. The van der Waals surface area contributed by atoms with Gasteiger partial charge in [0.05, 0.1) is 11.1 Å². The van der Waals surface area contributed by atoms with E-state index in [1.165, 1.54) is 6.07 Å². The molecule has 0 aromatic heterocycles. The van der Waals surface area contributed by atoms with Crippen LogP contribution in [-0.4, -0.2) is 13.6 Å². The Balaban J connectivity index is 2.31. The molecule has 4 heteroatoms. The predicted octanol–water partition coefficient (Wildman–Crippen LogP) is 3.62. The van der Waals surface area contributed by atoms with E-state index < -0.39 is 5.82 Å². The molecule has 1 unspecified atom stereocenters. The smallest absolute Gasteiger partial charge is 0.141 e. The molecule has 0 saturated carbocycles. The number of nitrogens with two attached hydrogens (primary N) is 1. The van der Waals surface area contributed by atoms with Crippen LogP contribution in [0.15, 0.2) is 48.5 Å². The average molecular weight is 279 g/mol. The highest BCUT2D eigenvalue weighted by molar-refractivity contribution is 6.30. The number of para-hydroxylation sites is 1. The van der Waals surface area contributed by atoms with Crippen molar-refractivity contribution in [3.05, 3.63) is 64.9 Å². The second-order valence-electron chi connectivity index (χ2n) is 4.37. The van der Waals surface area contributed by atoms with E-state index >= 15 is 0 Å². The number of hydrogen-bond donors (Lipinski definition) is 1. The van der Waals surface area contributed by atoms with Gasteiger partial charge in [0.1, 0.15) is 5.82 Å². The van der Waals surface area contributed by atoms with Crippen LogP contribution in [-0.2, 0) is 0 Å². The number of hydrogen-bond acceptors (Lipinski definition) is 2. The van der Waals surface area contributed by atoms with Crippen molar-refractivity contribution in [1.29, 1.82) is 0 Å². The summed E-state index contributed by atoms with van der Waals surface area (Å²) in [5.41, 5.74) is 7.81. The SMILES string of the molecule is CN(c1ccccc1)C(CN)c1ccc(F)c(Cl)c1. The molecule has 2 aromatic rings. The zero-order valence-corrected chi connectivity index (χ0v) is 11.4. The summed E-state index contributed by atoms with van der Waals surface area (Å²) in [6, 6.07) is 14.6. The lowest BCUT2D eigenvalue weighted by molar-refractivity contribution is 0.623. The van der Waals surface area contributed by atoms with Crippen LogP contribution in [0.3, 0.4) is 0 Å². The highest BCUT2D eigenvalue weighted by Gasteiger charge is 2.17. The molecule has 19 heavy (non-hydrogen) atoms. The largest absolute Gasteiger partial charge is 0.366 e. The minimum atomic E-state index is -0.413. The van der Waals surface area contributed by atoms with Crippen molar-refractivity contribution >= 4 is 17.3 Å². The van der Waals surface area contributed by atoms with Crippen LogP contribution in [0.4, 0.5) is 10.1 Å². The fourth-order valence-corrected chi connectivity index (χ4v) is 2.27. The molecule has 2 rings (SSSR count). The van der Waals surface area contributed by atoms with E-state index in [1.807, 2.05) is 37.4 Å². The van der Waals surface area contributed by atoms with Crippen molar-refractivity contribution in [3.8, 4) is 0 Å². The fraction of sp³-hybridized carbons (Fsp3) is 0.200. The summed E-state index contributed by atoms with van der Waals surface area (Å²) in [6.07, 6.45) is 0. The molecule has 1 atom stereocenters. The molecule has 0 fully saturated rings. The van der Waals surface area contributed by atoms with Crippen LogP contribution in [0.1, 0.15) is 11.6 Å². The first-order valence-electron chi connectivity index (χ1n) is 6.06. The molecule has 0 aliphatic heterocycles. The Hall–Kier alpha value is -1.58. The molecule has 2 N–H and O–H groups in total. The molecule has 0 bridgehead atoms. The summed E-state index contributed by atoms with van der Waals surface area (Å²) in [6.45, 7) is 0.424. The second-order valence-corrected chi connectivity index (χ2v) is 4.78. The number of nitrogens with zero attached hydrogens (tertiary/aromatic N) is 1. The van der Waals surface area contributed by atoms with Gasteiger partial charge in [0, 0.05) is 19.3 Å². The lowest BCUT2D eigenvalue weighted by Gasteiger charge is -2.29. The summed E-state index contributed by atoms with van der Waals surface area (Å²) >= 11 is 5.83. The third-order valence-corrected chi connectivity index (χ3v) is 3.47. The van der Waals surface area contributed by atoms with Gasteiger partial charge in [-0.1, -0.05) is 35.9 Å². The van der Waals surface area contributed by atoms with Gasteiger partial charge in [-0.25, -0.2) is 4.39 Å². The first-order valence-corrected chi connectivity index (χ1v) is 6.44. The third-order valence-electron chi connectivity index (χ3n) is 3.18. The summed E-state index contributed by atoms with van der Waals surface area (Å²) in [4.78, 5) is 2.06. The number of rotatable bonds is 4. The van der Waals surface area contributed by atoms with E-state index in [9.17, 15) is 4.39 Å². The predicted molar refractivity (Wildman–Crippen MR) is 78.1 cm³/mol. The molecule has 100 valence electrons. The maximum atomic E-state index is 13.2. The molecule has 0 aliphatic rings. The quantitative estimate of drug-likeness (QED) is 0.926. The lowest BCUT2D eigenvalue weighted by atomic mass is 10.0. The summed E-state index contributed by atoms with van der Waals surface area (Å²) in [5, 5.41) is 0.123. The zero-order chi connectivity index (χ0) is 13.8. The van der Waals surface area contributed by atoms with E-state index in [2.05, 4.69) is 4.90 Å². The maximum Gasteiger partial charge on any atom is 0.141 e. The van der Waals surface area contributed by atoms with Crippen molar-refractivity contribution < 1.29 is 4.39 Å². The van der Waals surface area contributed by atoms with Gasteiger partial charge in [-0.2, -0.15) is 0 Å². The Bertz CT molecular complexity index is 545. The zero-order valence-electron chi connectivity index (χ0n) is 10.7. The van der Waals surface area contributed by atoms with Gasteiger partial charge in [0.15, 0.2) is 0 Å². The fourth-order valence-electron chi connectivity index (χ4n) is 2.08. The Kier molecular flexibility index (Phi) is 4.40. The summed E-state index contributed by atoms with van der Waals surface area (Å²) in [5.74, 6) is -0.413. The Morgan fingerprint density at radius 3 is 2.47 bits per heavy atom. The van der Waals surface area contributed by atoms with E-state index in [1.54, 1.807) is 12.1 Å². The van der Waals surface area contributed by atoms with Crippen molar-refractivity contribution in [2.45, 2.75) is 6.04 Å². The Morgan fingerprint density at radius 2 is 1.89 bits per heavy atom. The number of halogens is 2. The highest BCUT2D eigenvalue weighted by atomic mass is 35.5. The lowest BCUT2D eigenvalue weighted by Crippen LogP contribution is -2.30. The minimum Gasteiger partial charge on any atom is -0.366 e. The van der Waals surface area contributed by atoms with Gasteiger partial charge in [-0.15, -0.1) is 0 Å². The number of anilines is 1. The summed E-state index contributed by atoms with van der Waals surface area (Å²) < 4.78 is 13.2. The van der Waals surface area contributed by atoms with Crippen LogP contribution >= 0.6 is 11.6 Å². The maximum absolute atomic E-state index is 13.2. The minimum absolute atomic E-state index is 0.0412. The molecule has 2 aromatic carbocycles. The van der Waals surface area contributed by atoms with Gasteiger partial charge in [-0.3, -0.25) is 0 Å². The van der Waals surface area contributed by atoms with Gasteiger partial charge in [0.2, 0.25) is 0 Å². The highest BCUT2D eigenvalue weighted by Crippen LogP contribution is 2.27. The van der Waals surface area contributed by atoms with Crippen LogP contribution in [0, 0.1) is 5.82 Å². The van der Waals surface area contributed by atoms with Gasteiger partial charge >= 0.3 is 0 Å². The van der Waals surface area contributed by atoms with E-state index in [0.717, 1.165) is 11.3 Å². The molecular weight excluding hydrogens is 263 g/mol. The van der Waals surface area contributed by atoms with Gasteiger partial charge in [0.25, 0.3) is 0 Å². The van der Waals surface area contributed by atoms with Gasteiger partial charge < -0.3 is 10.6 Å². The normalized spacial score (nSPS) is 12.2. The monoisotopic (exact) mass is 278 g/mol. The van der Waals surface area contributed by atoms with Crippen molar-refractivity contribution in [2.75, 3.05) is 18.5 Å². The van der Waals surface area contributed by atoms with E-state index in [-0.39, 0.29) is 11.1 Å². The topological polar surface area (TPSA) is 29.3 Å². The third kappa shape index (κ3) is 3.06. The molecular formula is C15H16ClFN2. The van der Waals surface area contributed by atoms with Crippen molar-refractivity contribution in [2.24, 2.45) is 5.73 Å². The van der Waals surface area contributed by atoms with Crippen molar-refractivity contribution in [3.63, 3.8) is 0 Å². The van der Waals surface area contributed by atoms with Crippen LogP contribution < -0.4 is 10.6 Å². The number of benzene rings is 2. The van der Waals surface area contributed by atoms with Crippen molar-refractivity contribution in [1.82, 2.24) is 0 Å². The molecule has 0 heterocycles. The number of likely N-dealkylation sites (N-methyl/N-ethyl adjacent to an activating group) is 1. The Morgan fingerprint density at radius 1 is 1.21 bits per heavy atom. The van der Waals surface area contributed by atoms with Crippen LogP contribution in [0.5, 0.6) is 0 Å². The van der Waals surface area contributed by atoms with Crippen LogP contribution in [0.2, 0.25) is 5.02 Å². The summed E-state index contributed by atoms with van der Waals surface area (Å²) in [7, 11) is 1.96. The first kappa shape index (κ1) is 13.8. The van der Waals surface area contributed by atoms with Crippen LogP contribution in [0.25, 0.3) is 0 Å². The van der Waals surface area contributed by atoms with E-state index in [4.69, 9.17) is 17.3 Å². The first-order chi connectivity index (χ1) is 9.13. The average Bonchev–Trinajstić information content (AvgIpc) is 2.44. The van der Waals surface area contributed by atoms with Gasteiger partial charge in [-0.05, 0) is 29.8 Å².